The second kappa shape index (κ2) is 5.67. The molecule has 6 heteroatoms. The third-order valence-corrected chi connectivity index (χ3v) is 2.27. The van der Waals surface area contributed by atoms with Crippen molar-refractivity contribution in [2.45, 2.75) is 32.2 Å². The van der Waals surface area contributed by atoms with Crippen molar-refractivity contribution in [2.75, 3.05) is 6.61 Å². The first kappa shape index (κ1) is 14.9. The van der Waals surface area contributed by atoms with Gasteiger partial charge in [-0.15, -0.1) is 0 Å². The van der Waals surface area contributed by atoms with Crippen LogP contribution in [-0.2, 0) is 10.9 Å². The number of benzene rings is 1. The molecule has 102 valence electrons. The summed E-state index contributed by atoms with van der Waals surface area (Å²) in [5, 5.41) is 9.65. The van der Waals surface area contributed by atoms with Gasteiger partial charge in [0.2, 0.25) is 0 Å². The molecule has 1 aromatic carbocycles. The van der Waals surface area contributed by atoms with Gasteiger partial charge in [-0.25, -0.2) is 4.39 Å². The van der Waals surface area contributed by atoms with E-state index >= 15 is 0 Å². The molecule has 0 amide bonds. The predicted molar refractivity (Wildman–Crippen MR) is 57.4 cm³/mol. The van der Waals surface area contributed by atoms with Crippen LogP contribution in [0.25, 0.3) is 0 Å². The number of ether oxygens (including phenoxy) is 1. The summed E-state index contributed by atoms with van der Waals surface area (Å²) >= 11 is 0. The Morgan fingerprint density at radius 1 is 1.28 bits per heavy atom. The Morgan fingerprint density at radius 2 is 1.89 bits per heavy atom. The van der Waals surface area contributed by atoms with Gasteiger partial charge < -0.3 is 9.84 Å². The average Bonchev–Trinajstić information content (AvgIpc) is 2.23. The molecule has 1 aromatic rings. The normalized spacial score (nSPS) is 14.0. The average molecular weight is 266 g/mol. The van der Waals surface area contributed by atoms with E-state index in [0.29, 0.717) is 18.2 Å². The van der Waals surface area contributed by atoms with E-state index in [1.165, 1.54) is 0 Å². The quantitative estimate of drug-likeness (QED) is 0.847. The zero-order valence-electron chi connectivity index (χ0n) is 9.96. The highest BCUT2D eigenvalue weighted by Crippen LogP contribution is 2.35. The van der Waals surface area contributed by atoms with Crippen LogP contribution in [0.5, 0.6) is 0 Å². The summed E-state index contributed by atoms with van der Waals surface area (Å²) in [4.78, 5) is 0. The van der Waals surface area contributed by atoms with Gasteiger partial charge in [-0.3, -0.25) is 0 Å². The summed E-state index contributed by atoms with van der Waals surface area (Å²) in [7, 11) is 0. The van der Waals surface area contributed by atoms with Crippen LogP contribution in [0.15, 0.2) is 18.2 Å². The molecule has 0 bridgehead atoms. The fraction of sp³-hybridized carbons (Fsp3) is 0.500. The molecule has 0 fully saturated rings. The first-order valence-electron chi connectivity index (χ1n) is 5.38. The van der Waals surface area contributed by atoms with Gasteiger partial charge in [-0.1, -0.05) is 0 Å². The van der Waals surface area contributed by atoms with E-state index in [2.05, 4.69) is 0 Å². The first-order valence-corrected chi connectivity index (χ1v) is 5.38. The fourth-order valence-corrected chi connectivity index (χ4v) is 1.44. The minimum atomic E-state index is -4.64. The Hall–Kier alpha value is -1.14. The Balaban J connectivity index is 3.02. The number of halogens is 4. The molecule has 0 saturated heterocycles. The zero-order chi connectivity index (χ0) is 13.9. The minimum absolute atomic E-state index is 0.234. The molecule has 0 aliphatic heterocycles. The van der Waals surface area contributed by atoms with Crippen molar-refractivity contribution in [1.82, 2.24) is 0 Å². The molecule has 1 N–H and O–H groups in total. The first-order chi connectivity index (χ1) is 8.21. The van der Waals surface area contributed by atoms with Gasteiger partial charge >= 0.3 is 6.18 Å². The largest absolute Gasteiger partial charge is 0.416 e. The Labute approximate surface area is 102 Å². The Morgan fingerprint density at radius 3 is 2.39 bits per heavy atom. The second-order valence-corrected chi connectivity index (χ2v) is 4.13. The molecule has 0 aromatic heterocycles. The van der Waals surface area contributed by atoms with Gasteiger partial charge in [-0.2, -0.15) is 13.2 Å². The molecule has 1 rings (SSSR count). The van der Waals surface area contributed by atoms with E-state index in [0.717, 1.165) is 0 Å². The molecular weight excluding hydrogens is 252 g/mol. The van der Waals surface area contributed by atoms with Gasteiger partial charge in [0.15, 0.2) is 0 Å². The van der Waals surface area contributed by atoms with Gasteiger partial charge in [0.1, 0.15) is 11.9 Å². The lowest BCUT2D eigenvalue weighted by atomic mass is 10.0. The summed E-state index contributed by atoms with van der Waals surface area (Å²) in [5.74, 6) is -0.832. The van der Waals surface area contributed by atoms with Crippen molar-refractivity contribution < 1.29 is 27.4 Å². The van der Waals surface area contributed by atoms with Crippen LogP contribution in [0.4, 0.5) is 17.6 Å². The van der Waals surface area contributed by atoms with Crippen molar-refractivity contribution in [1.29, 1.82) is 0 Å². The molecular formula is C12H14F4O2. The summed E-state index contributed by atoms with van der Waals surface area (Å²) in [6, 6.07) is 2.00. The third-order valence-electron chi connectivity index (χ3n) is 2.27. The standard InChI is InChI=1S/C12H14F4O2/c1-7(2)18-6-11(17)9-5-8(13)3-4-10(9)12(14,15)16/h3-5,7,11,17H,6H2,1-2H3. The van der Waals surface area contributed by atoms with Crippen LogP contribution in [0.3, 0.4) is 0 Å². The predicted octanol–water partition coefficient (Wildman–Crippen LogP) is 3.30. The van der Waals surface area contributed by atoms with E-state index in [1.54, 1.807) is 13.8 Å². The zero-order valence-corrected chi connectivity index (χ0v) is 9.96. The van der Waals surface area contributed by atoms with E-state index in [1.807, 2.05) is 0 Å². The number of hydrogen-bond acceptors (Lipinski definition) is 2. The highest BCUT2D eigenvalue weighted by molar-refractivity contribution is 5.32. The van der Waals surface area contributed by atoms with Gasteiger partial charge in [0, 0.05) is 0 Å². The van der Waals surface area contributed by atoms with E-state index in [-0.39, 0.29) is 12.7 Å². The molecule has 0 aliphatic carbocycles. The van der Waals surface area contributed by atoms with Gasteiger partial charge in [0.05, 0.1) is 18.3 Å². The Kier molecular flexibility index (Phi) is 4.70. The number of aliphatic hydroxyl groups excluding tert-OH is 1. The summed E-state index contributed by atoms with van der Waals surface area (Å²) in [6.07, 6.45) is -6.38. The molecule has 1 atom stereocenters. The van der Waals surface area contributed by atoms with E-state index in [9.17, 15) is 22.7 Å². The lowest BCUT2D eigenvalue weighted by Gasteiger charge is -2.18. The smallest absolute Gasteiger partial charge is 0.386 e. The highest BCUT2D eigenvalue weighted by atomic mass is 19.4. The van der Waals surface area contributed by atoms with Crippen LogP contribution in [0.2, 0.25) is 0 Å². The fourth-order valence-electron chi connectivity index (χ4n) is 1.44. The summed E-state index contributed by atoms with van der Waals surface area (Å²) in [6.45, 7) is 3.05. The van der Waals surface area contributed by atoms with Crippen molar-refractivity contribution in [2.24, 2.45) is 0 Å². The molecule has 1 unspecified atom stereocenters. The highest BCUT2D eigenvalue weighted by Gasteiger charge is 2.35. The maximum atomic E-state index is 13.0. The van der Waals surface area contributed by atoms with Crippen molar-refractivity contribution in [3.05, 3.63) is 35.1 Å². The second-order valence-electron chi connectivity index (χ2n) is 4.13. The molecule has 0 radical (unpaired) electrons. The molecule has 0 aliphatic rings. The maximum Gasteiger partial charge on any atom is 0.416 e. The number of alkyl halides is 3. The molecule has 2 nitrogen and oxygen atoms in total. The van der Waals surface area contributed by atoms with Crippen LogP contribution in [0, 0.1) is 5.82 Å². The topological polar surface area (TPSA) is 29.5 Å². The SMILES string of the molecule is CC(C)OCC(O)c1cc(F)ccc1C(F)(F)F. The number of hydrogen-bond donors (Lipinski definition) is 1. The van der Waals surface area contributed by atoms with Crippen molar-refractivity contribution in [3.8, 4) is 0 Å². The lowest BCUT2D eigenvalue weighted by Crippen LogP contribution is -2.17. The number of aliphatic hydroxyl groups is 1. The van der Waals surface area contributed by atoms with Gasteiger partial charge in [0.25, 0.3) is 0 Å². The molecule has 18 heavy (non-hydrogen) atoms. The van der Waals surface area contributed by atoms with Crippen molar-refractivity contribution in [3.63, 3.8) is 0 Å². The minimum Gasteiger partial charge on any atom is -0.386 e. The molecule has 0 saturated carbocycles. The monoisotopic (exact) mass is 266 g/mol. The van der Waals surface area contributed by atoms with E-state index in [4.69, 9.17) is 4.74 Å². The van der Waals surface area contributed by atoms with Crippen LogP contribution in [-0.4, -0.2) is 17.8 Å². The maximum absolute atomic E-state index is 13.0. The molecule has 0 heterocycles. The Bertz CT molecular complexity index is 402. The lowest BCUT2D eigenvalue weighted by molar-refractivity contribution is -0.139. The summed E-state index contributed by atoms with van der Waals surface area (Å²) < 4.78 is 56.0. The summed E-state index contributed by atoms with van der Waals surface area (Å²) in [5.41, 5.74) is -1.56. The molecule has 0 spiro atoms. The van der Waals surface area contributed by atoms with E-state index < -0.39 is 29.2 Å². The van der Waals surface area contributed by atoms with Crippen LogP contribution < -0.4 is 0 Å². The van der Waals surface area contributed by atoms with Crippen LogP contribution >= 0.6 is 0 Å². The third kappa shape index (κ3) is 3.96. The van der Waals surface area contributed by atoms with Gasteiger partial charge in [-0.05, 0) is 37.6 Å². The van der Waals surface area contributed by atoms with Crippen molar-refractivity contribution >= 4 is 0 Å². The van der Waals surface area contributed by atoms with Crippen LogP contribution in [0.1, 0.15) is 31.1 Å². The number of rotatable bonds is 4.